The third kappa shape index (κ3) is 1.92. The number of hydrogen-bond donors (Lipinski definition) is 2. The molecule has 0 aliphatic carbocycles. The van der Waals surface area contributed by atoms with E-state index < -0.39 is 5.97 Å². The summed E-state index contributed by atoms with van der Waals surface area (Å²) >= 11 is 0. The van der Waals surface area contributed by atoms with Gasteiger partial charge in [0.25, 0.3) is 0 Å². The Morgan fingerprint density at radius 2 is 1.83 bits per heavy atom. The van der Waals surface area contributed by atoms with Crippen LogP contribution in [0, 0.1) is 0 Å². The monoisotopic (exact) mass is 303 g/mol. The summed E-state index contributed by atoms with van der Waals surface area (Å²) in [6.45, 7) is 1.55. The fourth-order valence-corrected chi connectivity index (χ4v) is 3.15. The van der Waals surface area contributed by atoms with Crippen molar-refractivity contribution in [2.75, 3.05) is 0 Å². The molecule has 0 amide bonds. The summed E-state index contributed by atoms with van der Waals surface area (Å²) in [5.74, 6) is -0.926. The Morgan fingerprint density at radius 3 is 2.57 bits per heavy atom. The van der Waals surface area contributed by atoms with Crippen molar-refractivity contribution < 1.29 is 14.7 Å². The highest BCUT2D eigenvalue weighted by atomic mass is 16.4. The number of carbonyl (C=O) groups is 2. The average molecular weight is 303 g/mol. The van der Waals surface area contributed by atoms with Gasteiger partial charge in [-0.1, -0.05) is 30.3 Å². The van der Waals surface area contributed by atoms with Gasteiger partial charge >= 0.3 is 5.97 Å². The number of carboxylic acids is 1. The molecule has 4 nitrogen and oxygen atoms in total. The van der Waals surface area contributed by atoms with Gasteiger partial charge in [0.1, 0.15) is 0 Å². The minimum atomic E-state index is -0.953. The maximum Gasteiger partial charge on any atom is 0.337 e. The molecule has 0 aliphatic heterocycles. The molecule has 112 valence electrons. The highest BCUT2D eigenvalue weighted by molar-refractivity contribution is 6.23. The largest absolute Gasteiger partial charge is 0.478 e. The normalized spacial score (nSPS) is 11.3. The Hall–Kier alpha value is -3.14. The summed E-state index contributed by atoms with van der Waals surface area (Å²) in [6, 6.07) is 14.7. The minimum absolute atomic E-state index is 0.0269. The van der Waals surface area contributed by atoms with Crippen molar-refractivity contribution in [2.24, 2.45) is 0 Å². The third-order valence-corrected chi connectivity index (χ3v) is 4.25. The van der Waals surface area contributed by atoms with Gasteiger partial charge < -0.3 is 10.1 Å². The molecule has 0 fully saturated rings. The number of hydrogen-bond acceptors (Lipinski definition) is 2. The number of rotatable bonds is 2. The summed E-state index contributed by atoms with van der Waals surface area (Å²) in [7, 11) is 0. The summed E-state index contributed by atoms with van der Waals surface area (Å²) in [4.78, 5) is 26.2. The van der Waals surface area contributed by atoms with Gasteiger partial charge in [-0.2, -0.15) is 0 Å². The van der Waals surface area contributed by atoms with Gasteiger partial charge in [-0.25, -0.2) is 4.79 Å². The van der Waals surface area contributed by atoms with Crippen molar-refractivity contribution in [2.45, 2.75) is 6.92 Å². The predicted molar refractivity (Wildman–Crippen MR) is 90.3 cm³/mol. The molecule has 0 atom stereocenters. The van der Waals surface area contributed by atoms with E-state index in [4.69, 9.17) is 0 Å². The molecule has 0 aliphatic rings. The molecule has 3 aromatic carbocycles. The first-order valence-electron chi connectivity index (χ1n) is 7.27. The van der Waals surface area contributed by atoms with E-state index in [0.29, 0.717) is 11.1 Å². The molecule has 0 spiro atoms. The second-order valence-corrected chi connectivity index (χ2v) is 5.64. The number of aromatic amines is 1. The molecular weight excluding hydrogens is 290 g/mol. The number of aromatic carboxylic acids is 1. The van der Waals surface area contributed by atoms with Crippen LogP contribution in [0.25, 0.3) is 32.6 Å². The van der Waals surface area contributed by atoms with Crippen molar-refractivity contribution >= 4 is 44.3 Å². The molecule has 1 heterocycles. The van der Waals surface area contributed by atoms with Crippen molar-refractivity contribution in [3.63, 3.8) is 0 Å². The van der Waals surface area contributed by atoms with Crippen LogP contribution in [-0.2, 0) is 0 Å². The Labute approximate surface area is 131 Å². The smallest absolute Gasteiger partial charge is 0.337 e. The second kappa shape index (κ2) is 4.68. The van der Waals surface area contributed by atoms with E-state index in [9.17, 15) is 14.7 Å². The summed E-state index contributed by atoms with van der Waals surface area (Å²) in [6.07, 6.45) is 0. The van der Waals surface area contributed by atoms with Gasteiger partial charge in [-0.3, -0.25) is 4.79 Å². The molecule has 0 saturated carbocycles. The summed E-state index contributed by atoms with van der Waals surface area (Å²) in [5, 5.41) is 13.2. The molecule has 4 rings (SSSR count). The molecule has 0 bridgehead atoms. The van der Waals surface area contributed by atoms with Crippen molar-refractivity contribution in [1.82, 2.24) is 4.98 Å². The molecule has 4 aromatic rings. The number of Topliss-reactive ketones (excluding diaryl/α,β-unsaturated/α-hetero) is 1. The predicted octanol–water partition coefficient (Wildman–Crippen LogP) is 4.38. The van der Waals surface area contributed by atoms with Crippen LogP contribution in [0.5, 0.6) is 0 Å². The maximum atomic E-state index is 11.6. The second-order valence-electron chi connectivity index (χ2n) is 5.64. The lowest BCUT2D eigenvalue weighted by molar-refractivity contribution is 0.0698. The topological polar surface area (TPSA) is 70.2 Å². The zero-order valence-electron chi connectivity index (χ0n) is 12.4. The third-order valence-electron chi connectivity index (χ3n) is 4.25. The number of fused-ring (bicyclic) bond motifs is 5. The molecule has 23 heavy (non-hydrogen) atoms. The Morgan fingerprint density at radius 1 is 1.00 bits per heavy atom. The van der Waals surface area contributed by atoms with Crippen molar-refractivity contribution in [3.8, 4) is 0 Å². The van der Waals surface area contributed by atoms with Crippen LogP contribution in [-0.4, -0.2) is 21.8 Å². The zero-order chi connectivity index (χ0) is 16.1. The maximum absolute atomic E-state index is 11.6. The lowest BCUT2D eigenvalue weighted by atomic mass is 10.00. The number of para-hydroxylation sites is 1. The lowest BCUT2D eigenvalue weighted by Crippen LogP contribution is -1.96. The molecule has 1 aromatic heterocycles. The van der Waals surface area contributed by atoms with Gasteiger partial charge in [0, 0.05) is 21.9 Å². The van der Waals surface area contributed by atoms with Crippen LogP contribution in [0.15, 0.2) is 48.5 Å². The van der Waals surface area contributed by atoms with Gasteiger partial charge in [-0.05, 0) is 35.9 Å². The Bertz CT molecular complexity index is 1120. The van der Waals surface area contributed by atoms with Crippen LogP contribution >= 0.6 is 0 Å². The van der Waals surface area contributed by atoms with E-state index in [2.05, 4.69) is 4.98 Å². The molecule has 2 N–H and O–H groups in total. The van der Waals surface area contributed by atoms with Crippen LogP contribution in [0.1, 0.15) is 27.6 Å². The molecule has 0 unspecified atom stereocenters. The van der Waals surface area contributed by atoms with E-state index in [1.54, 1.807) is 19.1 Å². The first-order chi connectivity index (χ1) is 11.1. The van der Waals surface area contributed by atoms with Crippen LogP contribution in [0.3, 0.4) is 0 Å². The van der Waals surface area contributed by atoms with E-state index in [0.717, 1.165) is 27.1 Å². The number of nitrogens with one attached hydrogen (secondary N) is 1. The van der Waals surface area contributed by atoms with E-state index in [1.807, 2.05) is 36.4 Å². The highest BCUT2D eigenvalue weighted by Gasteiger charge is 2.14. The van der Waals surface area contributed by atoms with E-state index in [-0.39, 0.29) is 11.3 Å². The zero-order valence-corrected chi connectivity index (χ0v) is 12.4. The highest BCUT2D eigenvalue weighted by Crippen LogP contribution is 2.34. The van der Waals surface area contributed by atoms with Crippen LogP contribution in [0.4, 0.5) is 0 Å². The van der Waals surface area contributed by atoms with Gasteiger partial charge in [0.05, 0.1) is 11.1 Å². The number of carbonyl (C=O) groups excluding carboxylic acids is 1. The van der Waals surface area contributed by atoms with Gasteiger partial charge in [-0.15, -0.1) is 0 Å². The van der Waals surface area contributed by atoms with E-state index >= 15 is 0 Å². The van der Waals surface area contributed by atoms with Crippen molar-refractivity contribution in [3.05, 3.63) is 59.7 Å². The number of benzene rings is 3. The number of carboxylic acid groups (broad SMARTS) is 1. The quantitative estimate of drug-likeness (QED) is 0.540. The van der Waals surface area contributed by atoms with Gasteiger partial charge in [0.15, 0.2) is 5.78 Å². The number of H-pyrrole nitrogens is 1. The van der Waals surface area contributed by atoms with Crippen LogP contribution in [0.2, 0.25) is 0 Å². The minimum Gasteiger partial charge on any atom is -0.478 e. The van der Waals surface area contributed by atoms with E-state index in [1.165, 1.54) is 0 Å². The summed E-state index contributed by atoms with van der Waals surface area (Å²) in [5.41, 5.74) is 2.44. The fourth-order valence-electron chi connectivity index (χ4n) is 3.15. The summed E-state index contributed by atoms with van der Waals surface area (Å²) < 4.78 is 0. The van der Waals surface area contributed by atoms with Crippen molar-refractivity contribution in [1.29, 1.82) is 0 Å². The SMILES string of the molecule is CC(=O)c1ccc2c(ccc3[nH]c4c(C(=O)O)cccc4c32)c1. The fraction of sp³-hybridized carbons (Fsp3) is 0.0526. The van der Waals surface area contributed by atoms with Gasteiger partial charge in [0.2, 0.25) is 0 Å². The first-order valence-corrected chi connectivity index (χ1v) is 7.27. The number of ketones is 1. The molecular formula is C19H13NO3. The Kier molecular flexibility index (Phi) is 2.75. The Balaban J connectivity index is 2.17. The van der Waals surface area contributed by atoms with Crippen LogP contribution < -0.4 is 0 Å². The molecule has 0 saturated heterocycles. The average Bonchev–Trinajstić information content (AvgIpc) is 2.92. The molecule has 0 radical (unpaired) electrons. The first kappa shape index (κ1) is 13.5. The molecule has 4 heteroatoms. The lowest BCUT2D eigenvalue weighted by Gasteiger charge is -2.03. The standard InChI is InChI=1S/C19H13NO3/c1-10(21)11-5-7-13-12(9-11)6-8-16-17(13)14-3-2-4-15(19(22)23)18(14)20-16/h2-9,20H,1H3,(H,22,23). The number of aromatic nitrogens is 1.